The van der Waals surface area contributed by atoms with Gasteiger partial charge in [0.05, 0.1) is 10.6 Å². The Morgan fingerprint density at radius 3 is 2.55 bits per heavy atom. The fourth-order valence-electron chi connectivity index (χ4n) is 1.95. The second kappa shape index (κ2) is 5.96. The van der Waals surface area contributed by atoms with Gasteiger partial charge in [-0.05, 0) is 45.1 Å². The molecule has 0 radical (unpaired) electrons. The predicted molar refractivity (Wildman–Crippen MR) is 85.8 cm³/mol. The number of benzene rings is 1. The molecule has 1 aromatic heterocycles. The molecule has 1 aromatic carbocycles. The van der Waals surface area contributed by atoms with Crippen molar-refractivity contribution in [2.45, 2.75) is 38.7 Å². The first-order valence-electron chi connectivity index (χ1n) is 6.50. The summed E-state index contributed by atoms with van der Waals surface area (Å²) in [6, 6.07) is 8.92. The lowest BCUT2D eigenvalue weighted by Gasteiger charge is -2.16. The van der Waals surface area contributed by atoms with Crippen molar-refractivity contribution in [1.29, 1.82) is 0 Å². The van der Waals surface area contributed by atoms with Gasteiger partial charge in [-0.15, -0.1) is 11.3 Å². The van der Waals surface area contributed by atoms with Gasteiger partial charge in [-0.25, -0.2) is 4.39 Å². The van der Waals surface area contributed by atoms with Crippen LogP contribution in [-0.4, -0.2) is 5.11 Å². The second-order valence-electron chi connectivity index (χ2n) is 5.88. The van der Waals surface area contributed by atoms with Crippen LogP contribution in [0.1, 0.15) is 42.2 Å². The molecule has 1 N–H and O–H groups in total. The summed E-state index contributed by atoms with van der Waals surface area (Å²) in [6.07, 6.45) is -0.197. The van der Waals surface area contributed by atoms with Gasteiger partial charge in [0.2, 0.25) is 0 Å². The fourth-order valence-corrected chi connectivity index (χ4v) is 3.43. The van der Waals surface area contributed by atoms with E-state index in [9.17, 15) is 9.50 Å². The maximum Gasteiger partial charge on any atom is 0.137 e. The van der Waals surface area contributed by atoms with E-state index in [0.717, 1.165) is 10.4 Å². The zero-order chi connectivity index (χ0) is 14.9. The topological polar surface area (TPSA) is 20.2 Å². The van der Waals surface area contributed by atoms with Crippen molar-refractivity contribution >= 4 is 27.3 Å². The molecule has 1 atom stereocenters. The van der Waals surface area contributed by atoms with E-state index in [-0.39, 0.29) is 11.2 Å². The summed E-state index contributed by atoms with van der Waals surface area (Å²) >= 11 is 4.85. The molecule has 1 nitrogen and oxygen atoms in total. The van der Waals surface area contributed by atoms with Gasteiger partial charge in [0.25, 0.3) is 0 Å². The first kappa shape index (κ1) is 15.7. The van der Waals surface area contributed by atoms with Gasteiger partial charge in [0.1, 0.15) is 5.82 Å². The average molecular weight is 357 g/mol. The van der Waals surface area contributed by atoms with Crippen LogP contribution in [0.2, 0.25) is 0 Å². The number of halogens is 2. The molecule has 0 aliphatic rings. The molecule has 0 aliphatic carbocycles. The Labute approximate surface area is 131 Å². The number of hydrogen-bond donors (Lipinski definition) is 1. The highest BCUT2D eigenvalue weighted by Gasteiger charge is 2.19. The minimum Gasteiger partial charge on any atom is -0.387 e. The smallest absolute Gasteiger partial charge is 0.137 e. The van der Waals surface area contributed by atoms with Crippen LogP contribution in [0.5, 0.6) is 0 Å². The monoisotopic (exact) mass is 356 g/mol. The molecule has 20 heavy (non-hydrogen) atoms. The summed E-state index contributed by atoms with van der Waals surface area (Å²) in [6.45, 7) is 6.45. The molecule has 0 fully saturated rings. The molecule has 0 saturated carbocycles. The highest BCUT2D eigenvalue weighted by Crippen LogP contribution is 2.34. The number of thiophene rings is 1. The lowest BCUT2D eigenvalue weighted by Crippen LogP contribution is -2.08. The Kier molecular flexibility index (Phi) is 4.67. The first-order valence-corrected chi connectivity index (χ1v) is 8.11. The zero-order valence-corrected chi connectivity index (χ0v) is 14.2. The minimum absolute atomic E-state index is 0.0854. The zero-order valence-electron chi connectivity index (χ0n) is 11.8. The van der Waals surface area contributed by atoms with Gasteiger partial charge in [-0.3, -0.25) is 0 Å². The van der Waals surface area contributed by atoms with E-state index in [1.807, 2.05) is 12.1 Å². The third-order valence-electron chi connectivity index (χ3n) is 3.14. The molecule has 1 unspecified atom stereocenters. The predicted octanol–water partition coefficient (Wildman–Crippen LogP) is 5.22. The summed E-state index contributed by atoms with van der Waals surface area (Å²) in [5.41, 5.74) is 0.866. The number of aliphatic hydroxyl groups excluding tert-OH is 1. The van der Waals surface area contributed by atoms with Gasteiger partial charge >= 0.3 is 0 Å². The Balaban J connectivity index is 2.18. The molecule has 108 valence electrons. The molecule has 1 heterocycles. The fraction of sp³-hybridized carbons (Fsp3) is 0.375. The van der Waals surface area contributed by atoms with Crippen molar-refractivity contribution in [3.8, 4) is 0 Å². The third kappa shape index (κ3) is 3.48. The number of rotatable bonds is 3. The van der Waals surface area contributed by atoms with E-state index in [2.05, 4.69) is 42.8 Å². The van der Waals surface area contributed by atoms with Crippen molar-refractivity contribution in [1.82, 2.24) is 0 Å². The number of aliphatic hydroxyl groups is 1. The average Bonchev–Trinajstić information content (AvgIpc) is 2.84. The highest BCUT2D eigenvalue weighted by atomic mass is 79.9. The number of hydrogen-bond acceptors (Lipinski definition) is 2. The third-order valence-corrected chi connectivity index (χ3v) is 5.64. The maximum atomic E-state index is 13.5. The van der Waals surface area contributed by atoms with Crippen LogP contribution in [0.15, 0.2) is 34.8 Å². The summed E-state index contributed by atoms with van der Waals surface area (Å²) in [4.78, 5) is 2.16. The van der Waals surface area contributed by atoms with E-state index in [1.54, 1.807) is 17.4 Å². The van der Waals surface area contributed by atoms with Crippen LogP contribution in [0.3, 0.4) is 0 Å². The lowest BCUT2D eigenvalue weighted by molar-refractivity contribution is 0.182. The van der Waals surface area contributed by atoms with Crippen molar-refractivity contribution in [3.05, 3.63) is 55.9 Å². The van der Waals surface area contributed by atoms with Crippen LogP contribution in [0, 0.1) is 5.82 Å². The Morgan fingerprint density at radius 1 is 1.25 bits per heavy atom. The van der Waals surface area contributed by atoms with Crippen LogP contribution in [0.4, 0.5) is 4.39 Å². The van der Waals surface area contributed by atoms with E-state index in [0.29, 0.717) is 10.9 Å². The SMILES string of the molecule is CC(C)(C)c1ccc(C(O)Cc2cccc(F)c2Br)s1. The molecule has 2 rings (SSSR count). The molecule has 0 spiro atoms. The highest BCUT2D eigenvalue weighted by molar-refractivity contribution is 9.10. The molecule has 0 aliphatic heterocycles. The maximum absolute atomic E-state index is 13.5. The van der Waals surface area contributed by atoms with Crippen LogP contribution in [-0.2, 0) is 11.8 Å². The Hall–Kier alpha value is -0.710. The van der Waals surface area contributed by atoms with E-state index in [1.165, 1.54) is 10.9 Å². The van der Waals surface area contributed by atoms with Crippen molar-refractivity contribution in [3.63, 3.8) is 0 Å². The minimum atomic E-state index is -0.603. The van der Waals surface area contributed by atoms with E-state index < -0.39 is 6.10 Å². The molecular weight excluding hydrogens is 339 g/mol. The summed E-state index contributed by atoms with van der Waals surface area (Å²) in [7, 11) is 0. The van der Waals surface area contributed by atoms with Crippen molar-refractivity contribution < 1.29 is 9.50 Å². The second-order valence-corrected chi connectivity index (χ2v) is 7.79. The quantitative estimate of drug-likeness (QED) is 0.798. The van der Waals surface area contributed by atoms with Gasteiger partial charge in [-0.1, -0.05) is 32.9 Å². The van der Waals surface area contributed by atoms with Crippen LogP contribution in [0.25, 0.3) is 0 Å². The van der Waals surface area contributed by atoms with Crippen LogP contribution >= 0.6 is 27.3 Å². The summed E-state index contributed by atoms with van der Waals surface area (Å²) in [5, 5.41) is 10.3. The molecule has 0 bridgehead atoms. The van der Waals surface area contributed by atoms with Crippen molar-refractivity contribution in [2.24, 2.45) is 0 Å². The molecule has 4 heteroatoms. The van der Waals surface area contributed by atoms with E-state index >= 15 is 0 Å². The normalized spacial score (nSPS) is 13.5. The first-order chi connectivity index (χ1) is 9.29. The van der Waals surface area contributed by atoms with Gasteiger partial charge in [0, 0.05) is 16.2 Å². The summed E-state index contributed by atoms with van der Waals surface area (Å²) < 4.78 is 13.9. The molecule has 2 aromatic rings. The van der Waals surface area contributed by atoms with E-state index in [4.69, 9.17) is 0 Å². The molecule has 0 saturated heterocycles. The standard InChI is InChI=1S/C16H18BrFOS/c1-16(2,3)14-8-7-13(20-14)12(19)9-10-5-4-6-11(18)15(10)17/h4-8,12,19H,9H2,1-3H3. The summed E-state index contributed by atoms with van der Waals surface area (Å²) in [5.74, 6) is -0.295. The van der Waals surface area contributed by atoms with Crippen LogP contribution < -0.4 is 0 Å². The Bertz CT molecular complexity index is 601. The lowest BCUT2D eigenvalue weighted by atomic mass is 9.95. The largest absolute Gasteiger partial charge is 0.387 e. The van der Waals surface area contributed by atoms with Gasteiger partial charge in [0.15, 0.2) is 0 Å². The van der Waals surface area contributed by atoms with Crippen molar-refractivity contribution in [2.75, 3.05) is 0 Å². The van der Waals surface area contributed by atoms with Gasteiger partial charge < -0.3 is 5.11 Å². The Morgan fingerprint density at radius 2 is 1.95 bits per heavy atom. The molecular formula is C16H18BrFOS. The van der Waals surface area contributed by atoms with Gasteiger partial charge in [-0.2, -0.15) is 0 Å². The molecule has 0 amide bonds.